The van der Waals surface area contributed by atoms with Gasteiger partial charge in [-0.2, -0.15) is 0 Å². The monoisotopic (exact) mass is 216 g/mol. The van der Waals surface area contributed by atoms with Crippen molar-refractivity contribution in [3.63, 3.8) is 0 Å². The van der Waals surface area contributed by atoms with Gasteiger partial charge >= 0.3 is 0 Å². The van der Waals surface area contributed by atoms with Gasteiger partial charge in [-0.1, -0.05) is 20.8 Å². The van der Waals surface area contributed by atoms with Gasteiger partial charge in [0.15, 0.2) is 0 Å². The summed E-state index contributed by atoms with van der Waals surface area (Å²) in [6.07, 6.45) is 0. The molecule has 1 N–H and O–H groups in total. The van der Waals surface area contributed by atoms with Crippen LogP contribution < -0.4 is 5.32 Å². The van der Waals surface area contributed by atoms with Gasteiger partial charge < -0.3 is 15.0 Å². The topological polar surface area (TPSA) is 24.5 Å². The molecule has 3 nitrogen and oxygen atoms in total. The first-order valence-corrected chi connectivity index (χ1v) is 5.95. The summed E-state index contributed by atoms with van der Waals surface area (Å²) in [5, 5.41) is 3.44. The van der Waals surface area contributed by atoms with Gasteiger partial charge in [-0.25, -0.2) is 0 Å². The normalized spacial score (nSPS) is 13.8. The first-order chi connectivity index (χ1) is 7.02. The number of likely N-dealkylation sites (N-methyl/N-ethyl adjacent to an activating group) is 1. The molecule has 0 aliphatic carbocycles. The van der Waals surface area contributed by atoms with Crippen molar-refractivity contribution in [1.29, 1.82) is 0 Å². The van der Waals surface area contributed by atoms with Gasteiger partial charge in [0.05, 0.1) is 13.2 Å². The van der Waals surface area contributed by atoms with Gasteiger partial charge in [-0.05, 0) is 39.0 Å². The molecule has 0 amide bonds. The van der Waals surface area contributed by atoms with Crippen LogP contribution >= 0.6 is 0 Å². The molecule has 0 aromatic heterocycles. The maximum atomic E-state index is 5.58. The number of hydrogen-bond acceptors (Lipinski definition) is 3. The van der Waals surface area contributed by atoms with E-state index in [9.17, 15) is 0 Å². The van der Waals surface area contributed by atoms with E-state index in [-0.39, 0.29) is 0 Å². The van der Waals surface area contributed by atoms with Crippen molar-refractivity contribution in [2.75, 3.05) is 46.9 Å². The Morgan fingerprint density at radius 2 is 1.80 bits per heavy atom. The van der Waals surface area contributed by atoms with E-state index in [4.69, 9.17) is 4.74 Å². The third-order valence-corrected chi connectivity index (χ3v) is 2.13. The standard InChI is InChI=1S/C12H28N2O/c1-11(2)8-13-9-12(3)10-15-7-6-14(4)5/h11-13H,6-10H2,1-5H3. The molecule has 0 spiro atoms. The number of ether oxygens (including phenoxy) is 1. The molecule has 15 heavy (non-hydrogen) atoms. The highest BCUT2D eigenvalue weighted by molar-refractivity contribution is 4.57. The zero-order valence-corrected chi connectivity index (χ0v) is 11.0. The van der Waals surface area contributed by atoms with Crippen LogP contribution in [0.4, 0.5) is 0 Å². The van der Waals surface area contributed by atoms with E-state index >= 15 is 0 Å². The quantitative estimate of drug-likeness (QED) is 0.590. The van der Waals surface area contributed by atoms with Crippen molar-refractivity contribution in [2.45, 2.75) is 20.8 Å². The van der Waals surface area contributed by atoms with Gasteiger partial charge in [0, 0.05) is 6.54 Å². The molecule has 0 fully saturated rings. The molecular formula is C12H28N2O. The molecule has 0 rings (SSSR count). The first kappa shape index (κ1) is 14.9. The fourth-order valence-corrected chi connectivity index (χ4v) is 1.21. The number of nitrogens with one attached hydrogen (secondary N) is 1. The molecule has 0 saturated carbocycles. The van der Waals surface area contributed by atoms with Crippen molar-refractivity contribution in [2.24, 2.45) is 11.8 Å². The summed E-state index contributed by atoms with van der Waals surface area (Å²) in [5.74, 6) is 1.33. The lowest BCUT2D eigenvalue weighted by Gasteiger charge is -2.15. The third kappa shape index (κ3) is 11.8. The maximum absolute atomic E-state index is 5.58. The van der Waals surface area contributed by atoms with E-state index < -0.39 is 0 Å². The Morgan fingerprint density at radius 1 is 1.13 bits per heavy atom. The van der Waals surface area contributed by atoms with Gasteiger partial charge in [-0.15, -0.1) is 0 Å². The smallest absolute Gasteiger partial charge is 0.0593 e. The van der Waals surface area contributed by atoms with E-state index in [0.717, 1.165) is 38.8 Å². The lowest BCUT2D eigenvalue weighted by atomic mass is 10.2. The molecule has 0 aromatic rings. The van der Waals surface area contributed by atoms with Gasteiger partial charge in [-0.3, -0.25) is 0 Å². The van der Waals surface area contributed by atoms with Gasteiger partial charge in [0.2, 0.25) is 0 Å². The second kappa shape index (κ2) is 9.13. The van der Waals surface area contributed by atoms with Crippen molar-refractivity contribution in [3.8, 4) is 0 Å². The fraction of sp³-hybridized carbons (Fsp3) is 1.00. The Labute approximate surface area is 95.2 Å². The Kier molecular flexibility index (Phi) is 9.06. The van der Waals surface area contributed by atoms with Crippen LogP contribution in [0.3, 0.4) is 0 Å². The van der Waals surface area contributed by atoms with Gasteiger partial charge in [0.1, 0.15) is 0 Å². The minimum atomic E-state index is 0.603. The minimum Gasteiger partial charge on any atom is -0.380 e. The lowest BCUT2D eigenvalue weighted by Crippen LogP contribution is -2.28. The highest BCUT2D eigenvalue weighted by Gasteiger charge is 2.02. The highest BCUT2D eigenvalue weighted by Crippen LogP contribution is 1.95. The van der Waals surface area contributed by atoms with Crippen LogP contribution in [0, 0.1) is 11.8 Å². The molecule has 3 heteroatoms. The Hall–Kier alpha value is -0.120. The number of rotatable bonds is 9. The van der Waals surface area contributed by atoms with E-state index in [1.54, 1.807) is 0 Å². The summed E-state index contributed by atoms with van der Waals surface area (Å²) in [6.45, 7) is 11.5. The molecule has 0 heterocycles. The molecule has 0 radical (unpaired) electrons. The molecule has 0 aromatic carbocycles. The first-order valence-electron chi connectivity index (χ1n) is 5.95. The Morgan fingerprint density at radius 3 is 2.33 bits per heavy atom. The van der Waals surface area contributed by atoms with Crippen LogP contribution in [-0.2, 0) is 4.74 Å². The van der Waals surface area contributed by atoms with Crippen LogP contribution in [0.2, 0.25) is 0 Å². The average Bonchev–Trinajstić information content (AvgIpc) is 2.11. The Bertz CT molecular complexity index is 138. The highest BCUT2D eigenvalue weighted by atomic mass is 16.5. The molecular weight excluding hydrogens is 188 g/mol. The molecule has 92 valence electrons. The minimum absolute atomic E-state index is 0.603. The average molecular weight is 216 g/mol. The van der Waals surface area contributed by atoms with Gasteiger partial charge in [0.25, 0.3) is 0 Å². The van der Waals surface area contributed by atoms with Crippen molar-refractivity contribution < 1.29 is 4.74 Å². The van der Waals surface area contributed by atoms with Crippen molar-refractivity contribution in [3.05, 3.63) is 0 Å². The summed E-state index contributed by atoms with van der Waals surface area (Å²) >= 11 is 0. The summed E-state index contributed by atoms with van der Waals surface area (Å²) in [4.78, 5) is 2.14. The molecule has 1 atom stereocenters. The molecule has 0 saturated heterocycles. The molecule has 0 aliphatic heterocycles. The lowest BCUT2D eigenvalue weighted by molar-refractivity contribution is 0.0915. The van der Waals surface area contributed by atoms with Crippen molar-refractivity contribution >= 4 is 0 Å². The number of hydrogen-bond donors (Lipinski definition) is 1. The van der Waals surface area contributed by atoms with E-state index in [2.05, 4.69) is 45.1 Å². The van der Waals surface area contributed by atoms with Crippen LogP contribution in [0.15, 0.2) is 0 Å². The zero-order valence-electron chi connectivity index (χ0n) is 11.0. The SMILES string of the molecule is CC(C)CNCC(C)COCCN(C)C. The van der Waals surface area contributed by atoms with Crippen LogP contribution in [0.1, 0.15) is 20.8 Å². The predicted octanol–water partition coefficient (Wildman–Crippen LogP) is 1.45. The van der Waals surface area contributed by atoms with Crippen LogP contribution in [-0.4, -0.2) is 51.8 Å². The zero-order chi connectivity index (χ0) is 11.7. The Balaban J connectivity index is 3.22. The van der Waals surface area contributed by atoms with Crippen molar-refractivity contribution in [1.82, 2.24) is 10.2 Å². The molecule has 0 aliphatic rings. The summed E-state index contributed by atoms with van der Waals surface area (Å²) < 4.78 is 5.58. The molecule has 0 bridgehead atoms. The van der Waals surface area contributed by atoms with Crippen LogP contribution in [0.25, 0.3) is 0 Å². The summed E-state index contributed by atoms with van der Waals surface area (Å²) in [5.41, 5.74) is 0. The van der Waals surface area contributed by atoms with E-state index in [0.29, 0.717) is 5.92 Å². The second-order valence-electron chi connectivity index (χ2n) is 5.04. The molecule has 1 unspecified atom stereocenters. The number of nitrogens with zero attached hydrogens (tertiary/aromatic N) is 1. The fourth-order valence-electron chi connectivity index (χ4n) is 1.21. The van der Waals surface area contributed by atoms with Crippen LogP contribution in [0.5, 0.6) is 0 Å². The summed E-state index contributed by atoms with van der Waals surface area (Å²) in [7, 11) is 4.13. The third-order valence-electron chi connectivity index (χ3n) is 2.13. The van der Waals surface area contributed by atoms with E-state index in [1.807, 2.05) is 0 Å². The summed E-state index contributed by atoms with van der Waals surface area (Å²) in [6, 6.07) is 0. The predicted molar refractivity (Wildman–Crippen MR) is 66.2 cm³/mol. The second-order valence-corrected chi connectivity index (χ2v) is 5.04. The maximum Gasteiger partial charge on any atom is 0.0593 e. The largest absolute Gasteiger partial charge is 0.380 e. The van der Waals surface area contributed by atoms with E-state index in [1.165, 1.54) is 0 Å².